The van der Waals surface area contributed by atoms with Gasteiger partial charge in [0.15, 0.2) is 5.69 Å². The molecule has 0 saturated heterocycles. The largest absolute Gasteiger partial charge is 0.489 e. The molecule has 0 spiro atoms. The van der Waals surface area contributed by atoms with Crippen LogP contribution in [0.25, 0.3) is 0 Å². The number of nitrogens with zero attached hydrogens (tertiary/aromatic N) is 2. The maximum absolute atomic E-state index is 13.3. The number of aromatic nitrogens is 1. The SMILES string of the molecule is Cl.NCCN(C(=O)c1cccnc1C(F)(F)F)c1ccc(OCc2ccc(Cl)cc2)cc1. The Bertz CT molecular complexity index is 1030. The number of carbonyl (C=O) groups excluding carboxylic acids is 1. The van der Waals surface area contributed by atoms with Crippen LogP contribution in [0.15, 0.2) is 66.9 Å². The number of halogens is 5. The van der Waals surface area contributed by atoms with Crippen molar-refractivity contribution < 1.29 is 22.7 Å². The molecule has 2 N–H and O–H groups in total. The standard InChI is InChI=1S/C22H19ClF3N3O2.ClH/c23-16-5-3-15(4-6-16)14-31-18-9-7-17(8-10-18)29(13-11-27)21(30)19-2-1-12-28-20(19)22(24,25)26;/h1-10,12H,11,13-14,27H2;1H. The van der Waals surface area contributed by atoms with E-state index in [0.717, 1.165) is 17.8 Å². The lowest BCUT2D eigenvalue weighted by Gasteiger charge is -2.24. The van der Waals surface area contributed by atoms with E-state index in [0.29, 0.717) is 23.1 Å². The van der Waals surface area contributed by atoms with Crippen LogP contribution in [0.1, 0.15) is 21.6 Å². The third kappa shape index (κ3) is 6.35. The molecule has 32 heavy (non-hydrogen) atoms. The molecular weight excluding hydrogens is 466 g/mol. The first-order valence-electron chi connectivity index (χ1n) is 9.31. The van der Waals surface area contributed by atoms with E-state index in [9.17, 15) is 18.0 Å². The molecule has 0 aliphatic carbocycles. The Morgan fingerprint density at radius 3 is 2.31 bits per heavy atom. The molecule has 1 aromatic heterocycles. The topological polar surface area (TPSA) is 68.5 Å². The molecule has 0 aliphatic heterocycles. The summed E-state index contributed by atoms with van der Waals surface area (Å²) in [4.78, 5) is 17.5. The predicted octanol–water partition coefficient (Wildman–Crippen LogP) is 5.36. The molecule has 0 unspecified atom stereocenters. The molecule has 5 nitrogen and oxygen atoms in total. The number of alkyl halides is 3. The van der Waals surface area contributed by atoms with E-state index in [2.05, 4.69) is 4.98 Å². The molecule has 0 aliphatic rings. The molecule has 0 saturated carbocycles. The number of nitrogens with two attached hydrogens (primary N) is 1. The number of pyridine rings is 1. The summed E-state index contributed by atoms with van der Waals surface area (Å²) in [5.41, 5.74) is 5.14. The molecule has 0 atom stereocenters. The Morgan fingerprint density at radius 1 is 1.06 bits per heavy atom. The van der Waals surface area contributed by atoms with Crippen LogP contribution in [-0.2, 0) is 12.8 Å². The summed E-state index contributed by atoms with van der Waals surface area (Å²) >= 11 is 5.86. The summed E-state index contributed by atoms with van der Waals surface area (Å²) in [6.45, 7) is 0.421. The molecule has 170 valence electrons. The van der Waals surface area contributed by atoms with Gasteiger partial charge in [-0.3, -0.25) is 9.78 Å². The smallest absolute Gasteiger partial charge is 0.434 e. The molecule has 0 bridgehead atoms. The molecule has 0 radical (unpaired) electrons. The van der Waals surface area contributed by atoms with Crippen molar-refractivity contribution in [3.05, 3.63) is 88.7 Å². The first-order chi connectivity index (χ1) is 14.8. The van der Waals surface area contributed by atoms with Crippen molar-refractivity contribution in [2.45, 2.75) is 12.8 Å². The van der Waals surface area contributed by atoms with Gasteiger partial charge in [-0.2, -0.15) is 13.2 Å². The maximum atomic E-state index is 13.3. The lowest BCUT2D eigenvalue weighted by molar-refractivity contribution is -0.141. The van der Waals surface area contributed by atoms with E-state index in [4.69, 9.17) is 22.1 Å². The lowest BCUT2D eigenvalue weighted by atomic mass is 10.1. The van der Waals surface area contributed by atoms with Gasteiger partial charge >= 0.3 is 6.18 Å². The zero-order valence-corrected chi connectivity index (χ0v) is 18.3. The summed E-state index contributed by atoms with van der Waals surface area (Å²) in [5, 5.41) is 0.625. The first-order valence-corrected chi connectivity index (χ1v) is 9.69. The van der Waals surface area contributed by atoms with E-state index in [-0.39, 0.29) is 25.5 Å². The van der Waals surface area contributed by atoms with Crippen molar-refractivity contribution in [2.24, 2.45) is 5.73 Å². The zero-order valence-electron chi connectivity index (χ0n) is 16.7. The molecule has 2 aromatic carbocycles. The minimum Gasteiger partial charge on any atom is -0.489 e. The van der Waals surface area contributed by atoms with Gasteiger partial charge in [-0.25, -0.2) is 0 Å². The average Bonchev–Trinajstić information content (AvgIpc) is 2.76. The van der Waals surface area contributed by atoms with Crippen LogP contribution in [0.4, 0.5) is 18.9 Å². The number of anilines is 1. The van der Waals surface area contributed by atoms with Gasteiger partial charge in [-0.1, -0.05) is 23.7 Å². The van der Waals surface area contributed by atoms with Crippen LogP contribution < -0.4 is 15.4 Å². The van der Waals surface area contributed by atoms with E-state index in [1.165, 1.54) is 11.0 Å². The Labute approximate surface area is 194 Å². The van der Waals surface area contributed by atoms with Gasteiger partial charge < -0.3 is 15.4 Å². The van der Waals surface area contributed by atoms with Crippen LogP contribution >= 0.6 is 24.0 Å². The quantitative estimate of drug-likeness (QED) is 0.488. The minimum absolute atomic E-state index is 0. The number of ether oxygens (including phenoxy) is 1. The summed E-state index contributed by atoms with van der Waals surface area (Å²) in [6, 6.07) is 16.0. The number of carbonyl (C=O) groups is 1. The van der Waals surface area contributed by atoms with Gasteiger partial charge in [0.25, 0.3) is 5.91 Å². The third-order valence-corrected chi connectivity index (χ3v) is 4.62. The van der Waals surface area contributed by atoms with E-state index < -0.39 is 23.3 Å². The number of hydrogen-bond acceptors (Lipinski definition) is 4. The highest BCUT2D eigenvalue weighted by Crippen LogP contribution is 2.31. The monoisotopic (exact) mass is 485 g/mol. The number of rotatable bonds is 7. The van der Waals surface area contributed by atoms with Crippen LogP contribution in [0.3, 0.4) is 0 Å². The number of amides is 1. The van der Waals surface area contributed by atoms with E-state index in [1.54, 1.807) is 36.4 Å². The van der Waals surface area contributed by atoms with E-state index in [1.807, 2.05) is 12.1 Å². The Morgan fingerprint density at radius 2 is 1.72 bits per heavy atom. The highest BCUT2D eigenvalue weighted by atomic mass is 35.5. The average molecular weight is 486 g/mol. The highest BCUT2D eigenvalue weighted by molar-refractivity contribution is 6.30. The van der Waals surface area contributed by atoms with E-state index >= 15 is 0 Å². The van der Waals surface area contributed by atoms with Gasteiger partial charge in [0, 0.05) is 30.0 Å². The second-order valence-electron chi connectivity index (χ2n) is 6.55. The molecule has 3 rings (SSSR count). The number of hydrogen-bond donors (Lipinski definition) is 1. The fourth-order valence-corrected chi connectivity index (χ4v) is 3.02. The summed E-state index contributed by atoms with van der Waals surface area (Å²) in [6.07, 6.45) is -3.75. The molecule has 0 fully saturated rings. The molecular formula is C22H20Cl2F3N3O2. The van der Waals surface area contributed by atoms with Crippen molar-refractivity contribution in [2.75, 3.05) is 18.0 Å². The van der Waals surface area contributed by atoms with Gasteiger partial charge in [0.2, 0.25) is 0 Å². The summed E-state index contributed by atoms with van der Waals surface area (Å²) in [5.74, 6) is -0.295. The lowest BCUT2D eigenvalue weighted by Crippen LogP contribution is -2.36. The fourth-order valence-electron chi connectivity index (χ4n) is 2.90. The third-order valence-electron chi connectivity index (χ3n) is 4.37. The van der Waals surface area contributed by atoms with Crippen LogP contribution in [-0.4, -0.2) is 24.0 Å². The van der Waals surface area contributed by atoms with Crippen molar-refractivity contribution >= 4 is 35.6 Å². The molecule has 1 amide bonds. The second kappa shape index (κ2) is 11.2. The fraction of sp³-hybridized carbons (Fsp3) is 0.182. The molecule has 1 heterocycles. The van der Waals surface area contributed by atoms with Crippen LogP contribution in [0.5, 0.6) is 5.75 Å². The Hall–Kier alpha value is -2.81. The normalized spacial score (nSPS) is 10.9. The summed E-state index contributed by atoms with van der Waals surface area (Å²) in [7, 11) is 0. The van der Waals surface area contributed by atoms with Gasteiger partial charge in [0.05, 0.1) is 5.56 Å². The Kier molecular flexibility index (Phi) is 8.89. The minimum atomic E-state index is -4.75. The molecule has 3 aromatic rings. The zero-order chi connectivity index (χ0) is 22.4. The molecule has 10 heteroatoms. The van der Waals surface area contributed by atoms with Crippen LogP contribution in [0, 0.1) is 0 Å². The van der Waals surface area contributed by atoms with Crippen LogP contribution in [0.2, 0.25) is 5.02 Å². The van der Waals surface area contributed by atoms with Gasteiger partial charge in [0.1, 0.15) is 12.4 Å². The first kappa shape index (κ1) is 25.5. The van der Waals surface area contributed by atoms with Gasteiger partial charge in [-0.05, 0) is 54.1 Å². The van der Waals surface area contributed by atoms with Crippen molar-refractivity contribution in [3.8, 4) is 5.75 Å². The summed E-state index contributed by atoms with van der Waals surface area (Å²) < 4.78 is 45.5. The predicted molar refractivity (Wildman–Crippen MR) is 119 cm³/mol. The Balaban J connectivity index is 0.00000363. The van der Waals surface area contributed by atoms with Gasteiger partial charge in [-0.15, -0.1) is 12.4 Å². The van der Waals surface area contributed by atoms with Crippen molar-refractivity contribution in [3.63, 3.8) is 0 Å². The highest BCUT2D eigenvalue weighted by Gasteiger charge is 2.38. The maximum Gasteiger partial charge on any atom is 0.434 e. The van der Waals surface area contributed by atoms with Crippen molar-refractivity contribution in [1.29, 1.82) is 0 Å². The second-order valence-corrected chi connectivity index (χ2v) is 6.99. The number of benzene rings is 2. The van der Waals surface area contributed by atoms with Crippen molar-refractivity contribution in [1.82, 2.24) is 4.98 Å².